The highest BCUT2D eigenvalue weighted by Gasteiger charge is 2.17. The molecule has 0 saturated carbocycles. The van der Waals surface area contributed by atoms with Gasteiger partial charge in [0.15, 0.2) is 0 Å². The third-order valence-corrected chi connectivity index (χ3v) is 2.54. The van der Waals surface area contributed by atoms with Crippen molar-refractivity contribution in [3.63, 3.8) is 0 Å². The fourth-order valence-corrected chi connectivity index (χ4v) is 1.74. The number of aliphatic carboxylic acids is 1. The van der Waals surface area contributed by atoms with E-state index >= 15 is 0 Å². The molecular formula is C12H20N2O2. The Balaban J connectivity index is 2.82. The molecule has 16 heavy (non-hydrogen) atoms. The molecule has 0 fully saturated rings. The van der Waals surface area contributed by atoms with E-state index in [-0.39, 0.29) is 5.92 Å². The van der Waals surface area contributed by atoms with Gasteiger partial charge in [-0.05, 0) is 17.9 Å². The molecule has 0 radical (unpaired) electrons. The van der Waals surface area contributed by atoms with Crippen LogP contribution in [0.15, 0.2) is 6.20 Å². The molecule has 90 valence electrons. The van der Waals surface area contributed by atoms with Gasteiger partial charge in [-0.25, -0.2) is 0 Å². The average Bonchev–Trinajstić information content (AvgIpc) is 2.45. The molecule has 1 aromatic rings. The van der Waals surface area contributed by atoms with Gasteiger partial charge in [0.25, 0.3) is 0 Å². The Morgan fingerprint density at radius 3 is 2.56 bits per heavy atom. The minimum atomic E-state index is -0.763. The molecule has 1 rings (SSSR count). The summed E-state index contributed by atoms with van der Waals surface area (Å²) in [5, 5.41) is 13.2. The zero-order valence-corrected chi connectivity index (χ0v) is 10.4. The van der Waals surface area contributed by atoms with E-state index < -0.39 is 5.97 Å². The summed E-state index contributed by atoms with van der Waals surface area (Å²) >= 11 is 0. The highest BCUT2D eigenvalue weighted by Crippen LogP contribution is 2.16. The summed E-state index contributed by atoms with van der Waals surface area (Å²) in [5.74, 6) is -0.579. The number of hydrogen-bond acceptors (Lipinski definition) is 2. The lowest BCUT2D eigenvalue weighted by Gasteiger charge is -2.07. The van der Waals surface area contributed by atoms with Crippen LogP contribution in [-0.4, -0.2) is 20.9 Å². The number of nitrogens with zero attached hydrogens (tertiary/aromatic N) is 2. The maximum absolute atomic E-state index is 10.8. The SMILES string of the molecule is CC(C)Cc1cn(C)nc1CC(C)C(=O)O. The summed E-state index contributed by atoms with van der Waals surface area (Å²) in [4.78, 5) is 10.8. The Labute approximate surface area is 96.3 Å². The van der Waals surface area contributed by atoms with Crippen molar-refractivity contribution < 1.29 is 9.90 Å². The highest BCUT2D eigenvalue weighted by molar-refractivity contribution is 5.69. The minimum absolute atomic E-state index is 0.374. The zero-order valence-electron chi connectivity index (χ0n) is 10.4. The standard InChI is InChI=1S/C12H20N2O2/c1-8(2)5-10-7-14(4)13-11(10)6-9(3)12(15)16/h7-9H,5-6H2,1-4H3,(H,15,16). The predicted octanol–water partition coefficient (Wildman–Crippen LogP) is 1.88. The highest BCUT2D eigenvalue weighted by atomic mass is 16.4. The van der Waals surface area contributed by atoms with Gasteiger partial charge in [-0.3, -0.25) is 9.48 Å². The summed E-state index contributed by atoms with van der Waals surface area (Å²) in [6, 6.07) is 0. The van der Waals surface area contributed by atoms with Gasteiger partial charge >= 0.3 is 5.97 Å². The first-order valence-electron chi connectivity index (χ1n) is 5.64. The topological polar surface area (TPSA) is 55.1 Å². The fourth-order valence-electron chi connectivity index (χ4n) is 1.74. The summed E-state index contributed by atoms with van der Waals surface area (Å²) in [6.45, 7) is 6.02. The van der Waals surface area contributed by atoms with Crippen molar-refractivity contribution in [2.45, 2.75) is 33.6 Å². The third-order valence-electron chi connectivity index (χ3n) is 2.54. The number of carboxylic acids is 1. The second-order valence-electron chi connectivity index (χ2n) is 4.82. The van der Waals surface area contributed by atoms with E-state index in [2.05, 4.69) is 18.9 Å². The molecule has 4 heteroatoms. The van der Waals surface area contributed by atoms with Crippen molar-refractivity contribution in [2.75, 3.05) is 0 Å². The lowest BCUT2D eigenvalue weighted by atomic mass is 9.98. The van der Waals surface area contributed by atoms with E-state index in [1.165, 1.54) is 5.56 Å². The van der Waals surface area contributed by atoms with Crippen LogP contribution in [-0.2, 0) is 24.7 Å². The molecule has 0 aromatic carbocycles. The largest absolute Gasteiger partial charge is 0.481 e. The van der Waals surface area contributed by atoms with E-state index in [1.54, 1.807) is 11.6 Å². The van der Waals surface area contributed by atoms with E-state index in [0.29, 0.717) is 12.3 Å². The number of aromatic nitrogens is 2. The Morgan fingerprint density at radius 2 is 2.06 bits per heavy atom. The van der Waals surface area contributed by atoms with Crippen LogP contribution in [0.4, 0.5) is 0 Å². The average molecular weight is 224 g/mol. The van der Waals surface area contributed by atoms with Gasteiger partial charge in [-0.1, -0.05) is 20.8 Å². The van der Waals surface area contributed by atoms with Crippen LogP contribution in [0.3, 0.4) is 0 Å². The second kappa shape index (κ2) is 5.14. The molecule has 0 bridgehead atoms. The first kappa shape index (κ1) is 12.7. The zero-order chi connectivity index (χ0) is 12.3. The minimum Gasteiger partial charge on any atom is -0.481 e. The predicted molar refractivity (Wildman–Crippen MR) is 62.3 cm³/mol. The molecule has 1 heterocycles. The summed E-state index contributed by atoms with van der Waals surface area (Å²) in [6.07, 6.45) is 3.46. The Kier molecular flexibility index (Phi) is 4.10. The van der Waals surface area contributed by atoms with E-state index in [9.17, 15) is 4.79 Å². The lowest BCUT2D eigenvalue weighted by Crippen LogP contribution is -2.14. The molecular weight excluding hydrogens is 204 g/mol. The van der Waals surface area contributed by atoms with Crippen LogP contribution in [0.25, 0.3) is 0 Å². The third kappa shape index (κ3) is 3.36. The van der Waals surface area contributed by atoms with Gasteiger partial charge in [-0.15, -0.1) is 0 Å². The maximum Gasteiger partial charge on any atom is 0.306 e. The fraction of sp³-hybridized carbons (Fsp3) is 0.667. The number of carboxylic acid groups (broad SMARTS) is 1. The van der Waals surface area contributed by atoms with Gasteiger partial charge in [0.1, 0.15) is 0 Å². The smallest absolute Gasteiger partial charge is 0.306 e. The number of carbonyl (C=O) groups is 1. The Bertz CT molecular complexity index is 369. The number of rotatable bonds is 5. The van der Waals surface area contributed by atoms with Crippen molar-refractivity contribution in [3.05, 3.63) is 17.5 Å². The molecule has 0 aliphatic heterocycles. The van der Waals surface area contributed by atoms with Crippen molar-refractivity contribution in [1.82, 2.24) is 9.78 Å². The monoisotopic (exact) mass is 224 g/mol. The normalized spacial score (nSPS) is 13.1. The molecule has 4 nitrogen and oxygen atoms in total. The van der Waals surface area contributed by atoms with Crippen LogP contribution < -0.4 is 0 Å². The quantitative estimate of drug-likeness (QED) is 0.830. The molecule has 0 saturated heterocycles. The summed E-state index contributed by atoms with van der Waals surface area (Å²) in [7, 11) is 1.87. The van der Waals surface area contributed by atoms with E-state index in [1.807, 2.05) is 13.2 Å². The van der Waals surface area contributed by atoms with Crippen molar-refractivity contribution >= 4 is 5.97 Å². The first-order valence-corrected chi connectivity index (χ1v) is 5.64. The van der Waals surface area contributed by atoms with Gasteiger partial charge in [0, 0.05) is 19.7 Å². The van der Waals surface area contributed by atoms with Crippen molar-refractivity contribution in [3.8, 4) is 0 Å². The van der Waals surface area contributed by atoms with Crippen LogP contribution in [0.5, 0.6) is 0 Å². The van der Waals surface area contributed by atoms with Crippen molar-refractivity contribution in [2.24, 2.45) is 18.9 Å². The summed E-state index contributed by atoms with van der Waals surface area (Å²) in [5.41, 5.74) is 2.09. The van der Waals surface area contributed by atoms with Crippen LogP contribution in [0.1, 0.15) is 32.0 Å². The van der Waals surface area contributed by atoms with Gasteiger partial charge in [0.05, 0.1) is 11.6 Å². The molecule has 0 spiro atoms. The lowest BCUT2D eigenvalue weighted by molar-refractivity contribution is -0.141. The van der Waals surface area contributed by atoms with Crippen LogP contribution in [0.2, 0.25) is 0 Å². The maximum atomic E-state index is 10.8. The van der Waals surface area contributed by atoms with Crippen LogP contribution in [0, 0.1) is 11.8 Å². The van der Waals surface area contributed by atoms with Crippen molar-refractivity contribution in [1.29, 1.82) is 0 Å². The van der Waals surface area contributed by atoms with Crippen LogP contribution >= 0.6 is 0 Å². The first-order chi connectivity index (χ1) is 7.40. The Morgan fingerprint density at radius 1 is 1.44 bits per heavy atom. The molecule has 0 aliphatic rings. The molecule has 0 aliphatic carbocycles. The van der Waals surface area contributed by atoms with Gasteiger partial charge in [0.2, 0.25) is 0 Å². The second-order valence-corrected chi connectivity index (χ2v) is 4.82. The molecule has 1 atom stereocenters. The Hall–Kier alpha value is -1.32. The van der Waals surface area contributed by atoms with E-state index in [0.717, 1.165) is 12.1 Å². The molecule has 0 amide bonds. The van der Waals surface area contributed by atoms with Gasteiger partial charge in [-0.2, -0.15) is 5.10 Å². The van der Waals surface area contributed by atoms with Gasteiger partial charge < -0.3 is 5.11 Å². The molecule has 1 aromatic heterocycles. The number of aryl methyl sites for hydroxylation is 1. The molecule has 1 N–H and O–H groups in total. The number of hydrogen-bond donors (Lipinski definition) is 1. The summed E-state index contributed by atoms with van der Waals surface area (Å²) < 4.78 is 1.77. The van der Waals surface area contributed by atoms with E-state index in [4.69, 9.17) is 5.11 Å². The molecule has 1 unspecified atom stereocenters.